The number of rotatable bonds is 7. The van der Waals surface area contributed by atoms with Crippen molar-refractivity contribution in [3.05, 3.63) is 102 Å². The summed E-state index contributed by atoms with van der Waals surface area (Å²) >= 11 is 0. The molecule has 5 rings (SSSR count). The highest BCUT2D eigenvalue weighted by Crippen LogP contribution is 2.24. The van der Waals surface area contributed by atoms with Gasteiger partial charge in [-0.3, -0.25) is 19.5 Å². The Morgan fingerprint density at radius 3 is 2.37 bits per heavy atom. The molecule has 4 aromatic rings. The number of nitrogens with one attached hydrogen (secondary N) is 1. The van der Waals surface area contributed by atoms with E-state index in [-0.39, 0.29) is 11.8 Å². The van der Waals surface area contributed by atoms with Gasteiger partial charge < -0.3 is 14.8 Å². The largest absolute Gasteiger partial charge is 0.351 e. The lowest BCUT2D eigenvalue weighted by Crippen LogP contribution is -2.51. The van der Waals surface area contributed by atoms with Crippen LogP contribution in [0.5, 0.6) is 0 Å². The molecule has 1 aliphatic heterocycles. The summed E-state index contributed by atoms with van der Waals surface area (Å²) in [5.74, 6) is 0.0420. The van der Waals surface area contributed by atoms with Crippen LogP contribution in [0.4, 0.5) is 0 Å². The second kappa shape index (κ2) is 10.5. The fraction of sp³-hybridized carbons (Fsp3) is 0.250. The zero-order valence-electron chi connectivity index (χ0n) is 19.6. The summed E-state index contributed by atoms with van der Waals surface area (Å²) in [5, 5.41) is 3.93. The Morgan fingerprint density at radius 1 is 0.857 bits per heavy atom. The highest BCUT2D eigenvalue weighted by Gasteiger charge is 2.25. The Hall–Kier alpha value is -3.97. The molecule has 0 aliphatic carbocycles. The van der Waals surface area contributed by atoms with Gasteiger partial charge in [0, 0.05) is 56.0 Å². The topological polar surface area (TPSA) is 70.5 Å². The summed E-state index contributed by atoms with van der Waals surface area (Å²) in [6.45, 7) is 4.04. The van der Waals surface area contributed by atoms with Crippen LogP contribution in [0.15, 0.2) is 85.2 Å². The number of fused-ring (bicyclic) bond motifs is 1. The Morgan fingerprint density at radius 2 is 1.60 bits per heavy atom. The van der Waals surface area contributed by atoms with E-state index in [1.165, 1.54) is 0 Å². The highest BCUT2D eigenvalue weighted by molar-refractivity contribution is 6.07. The zero-order chi connectivity index (χ0) is 24.0. The number of piperazine rings is 1. The van der Waals surface area contributed by atoms with E-state index in [0.29, 0.717) is 51.4 Å². The predicted octanol–water partition coefficient (Wildman–Crippen LogP) is 3.16. The van der Waals surface area contributed by atoms with E-state index in [0.717, 1.165) is 22.2 Å². The molecule has 2 aromatic heterocycles. The molecular weight excluding hydrogens is 438 g/mol. The third-order valence-electron chi connectivity index (χ3n) is 6.44. The molecule has 0 radical (unpaired) electrons. The first-order valence-corrected chi connectivity index (χ1v) is 12.0. The smallest absolute Gasteiger partial charge is 0.256 e. The predicted molar refractivity (Wildman–Crippen MR) is 136 cm³/mol. The molecule has 3 heterocycles. The molecule has 0 spiro atoms. The monoisotopic (exact) mass is 467 g/mol. The average Bonchev–Trinajstić information content (AvgIpc) is 3.27. The van der Waals surface area contributed by atoms with E-state index in [1.807, 2.05) is 83.9 Å². The molecule has 7 nitrogen and oxygen atoms in total. The van der Waals surface area contributed by atoms with E-state index < -0.39 is 0 Å². The van der Waals surface area contributed by atoms with Crippen molar-refractivity contribution in [3.8, 4) is 0 Å². The fourth-order valence-electron chi connectivity index (χ4n) is 4.55. The Bertz CT molecular complexity index is 1290. The number of benzene rings is 2. The van der Waals surface area contributed by atoms with Crippen LogP contribution in [0, 0.1) is 0 Å². The van der Waals surface area contributed by atoms with Gasteiger partial charge in [0.05, 0.1) is 24.3 Å². The highest BCUT2D eigenvalue weighted by atomic mass is 16.2. The first kappa shape index (κ1) is 22.8. The molecule has 0 unspecified atom stereocenters. The average molecular weight is 468 g/mol. The SMILES string of the molecule is O=C(CN1CCN(C(=O)c2cn(Cc3ccccn3)c3ccccc23)CC1)NCc1ccccc1. The maximum atomic E-state index is 13.5. The van der Waals surface area contributed by atoms with Gasteiger partial charge >= 0.3 is 0 Å². The Balaban J connectivity index is 1.20. The van der Waals surface area contributed by atoms with Crippen molar-refractivity contribution in [2.45, 2.75) is 13.1 Å². The van der Waals surface area contributed by atoms with Crippen molar-refractivity contribution < 1.29 is 9.59 Å². The molecule has 0 saturated carbocycles. The molecule has 2 aromatic carbocycles. The fourth-order valence-corrected chi connectivity index (χ4v) is 4.55. The third-order valence-corrected chi connectivity index (χ3v) is 6.44. The lowest BCUT2D eigenvalue weighted by atomic mass is 10.1. The molecule has 178 valence electrons. The molecule has 0 atom stereocenters. The minimum atomic E-state index is 0.00576. The summed E-state index contributed by atoms with van der Waals surface area (Å²) in [6.07, 6.45) is 3.74. The van der Waals surface area contributed by atoms with Crippen molar-refractivity contribution in [1.29, 1.82) is 0 Å². The second-order valence-electron chi connectivity index (χ2n) is 8.84. The van der Waals surface area contributed by atoms with Gasteiger partial charge in [-0.05, 0) is 23.8 Å². The van der Waals surface area contributed by atoms with Crippen LogP contribution in [0.25, 0.3) is 10.9 Å². The van der Waals surface area contributed by atoms with Gasteiger partial charge in [-0.25, -0.2) is 0 Å². The normalized spacial score (nSPS) is 14.2. The molecule has 1 fully saturated rings. The molecule has 35 heavy (non-hydrogen) atoms. The summed E-state index contributed by atoms with van der Waals surface area (Å²) in [7, 11) is 0. The number of aromatic nitrogens is 2. The van der Waals surface area contributed by atoms with Crippen molar-refractivity contribution >= 4 is 22.7 Å². The van der Waals surface area contributed by atoms with Crippen molar-refractivity contribution in [2.75, 3.05) is 32.7 Å². The van der Waals surface area contributed by atoms with Crippen molar-refractivity contribution in [1.82, 2.24) is 24.7 Å². The summed E-state index contributed by atoms with van der Waals surface area (Å²) in [6, 6.07) is 23.8. The molecule has 2 amide bonds. The number of amides is 2. The molecule has 1 N–H and O–H groups in total. The number of hydrogen-bond donors (Lipinski definition) is 1. The quantitative estimate of drug-likeness (QED) is 0.453. The number of nitrogens with zero attached hydrogens (tertiary/aromatic N) is 4. The van der Waals surface area contributed by atoms with Crippen LogP contribution < -0.4 is 5.32 Å². The van der Waals surface area contributed by atoms with Crippen LogP contribution in [-0.4, -0.2) is 63.9 Å². The van der Waals surface area contributed by atoms with Gasteiger partial charge in [0.2, 0.25) is 5.91 Å². The van der Waals surface area contributed by atoms with Crippen LogP contribution in [0.3, 0.4) is 0 Å². The van der Waals surface area contributed by atoms with Gasteiger partial charge in [-0.2, -0.15) is 0 Å². The number of para-hydroxylation sites is 1. The third kappa shape index (κ3) is 5.41. The minimum absolute atomic E-state index is 0.00576. The maximum Gasteiger partial charge on any atom is 0.256 e. The molecular formula is C28H29N5O2. The summed E-state index contributed by atoms with van der Waals surface area (Å²) in [4.78, 5) is 34.3. The first-order valence-electron chi connectivity index (χ1n) is 12.0. The van der Waals surface area contributed by atoms with Crippen LogP contribution >= 0.6 is 0 Å². The first-order chi connectivity index (χ1) is 17.2. The van der Waals surface area contributed by atoms with E-state index in [9.17, 15) is 9.59 Å². The van der Waals surface area contributed by atoms with E-state index in [4.69, 9.17) is 0 Å². The Kier molecular flexibility index (Phi) is 6.86. The maximum absolute atomic E-state index is 13.5. The molecule has 0 bridgehead atoms. The lowest BCUT2D eigenvalue weighted by Gasteiger charge is -2.34. The van der Waals surface area contributed by atoms with Gasteiger partial charge in [-0.15, -0.1) is 0 Å². The zero-order valence-corrected chi connectivity index (χ0v) is 19.6. The van der Waals surface area contributed by atoms with Crippen molar-refractivity contribution in [3.63, 3.8) is 0 Å². The van der Waals surface area contributed by atoms with E-state index >= 15 is 0 Å². The number of pyridine rings is 1. The Labute approximate surface area is 205 Å². The number of hydrogen-bond acceptors (Lipinski definition) is 4. The molecule has 1 saturated heterocycles. The van der Waals surface area contributed by atoms with Crippen LogP contribution in [0.2, 0.25) is 0 Å². The molecule has 7 heteroatoms. The summed E-state index contributed by atoms with van der Waals surface area (Å²) in [5.41, 5.74) is 3.77. The van der Waals surface area contributed by atoms with E-state index in [2.05, 4.69) is 19.8 Å². The van der Waals surface area contributed by atoms with Crippen LogP contribution in [0.1, 0.15) is 21.6 Å². The van der Waals surface area contributed by atoms with Gasteiger partial charge in [0.25, 0.3) is 5.91 Å². The van der Waals surface area contributed by atoms with Gasteiger partial charge in [0.15, 0.2) is 0 Å². The molecule has 1 aliphatic rings. The van der Waals surface area contributed by atoms with Gasteiger partial charge in [-0.1, -0.05) is 54.6 Å². The lowest BCUT2D eigenvalue weighted by molar-refractivity contribution is -0.122. The number of carbonyl (C=O) groups is 2. The minimum Gasteiger partial charge on any atom is -0.351 e. The van der Waals surface area contributed by atoms with E-state index in [1.54, 1.807) is 6.20 Å². The summed E-state index contributed by atoms with van der Waals surface area (Å²) < 4.78 is 2.10. The second-order valence-corrected chi connectivity index (χ2v) is 8.84. The van der Waals surface area contributed by atoms with Crippen LogP contribution in [-0.2, 0) is 17.9 Å². The van der Waals surface area contributed by atoms with Gasteiger partial charge in [0.1, 0.15) is 0 Å². The van der Waals surface area contributed by atoms with Crippen molar-refractivity contribution in [2.24, 2.45) is 0 Å². The standard InChI is InChI=1S/C28H29N5O2/c34-27(30-18-22-8-2-1-3-9-22)21-31-14-16-32(17-15-31)28(35)25-20-33(19-23-10-6-7-13-29-23)26-12-5-4-11-24(25)26/h1-13,20H,14-19,21H2,(H,30,34). The number of carbonyl (C=O) groups excluding carboxylic acids is 2.